The van der Waals surface area contributed by atoms with E-state index in [1.165, 1.54) is 12.8 Å². The molecule has 0 unspecified atom stereocenters. The number of nitrogens with one attached hydrogen (secondary N) is 2. The van der Waals surface area contributed by atoms with Crippen LogP contribution in [-0.2, 0) is 16.6 Å². The van der Waals surface area contributed by atoms with Crippen LogP contribution in [0.1, 0.15) is 38.2 Å². The molecule has 0 aromatic carbocycles. The van der Waals surface area contributed by atoms with Gasteiger partial charge in [-0.2, -0.15) is 0 Å². The topological polar surface area (TPSA) is 71.1 Å². The van der Waals surface area contributed by atoms with Gasteiger partial charge in [-0.15, -0.1) is 0 Å². The molecule has 6 heteroatoms. The van der Waals surface area contributed by atoms with Gasteiger partial charge in [-0.05, 0) is 36.9 Å². The van der Waals surface area contributed by atoms with Crippen molar-refractivity contribution >= 4 is 10.0 Å². The van der Waals surface area contributed by atoms with Crippen molar-refractivity contribution in [3.63, 3.8) is 0 Å². The number of rotatable bonds is 9. The zero-order chi connectivity index (χ0) is 14.4. The van der Waals surface area contributed by atoms with Crippen molar-refractivity contribution in [2.45, 2.75) is 44.2 Å². The van der Waals surface area contributed by atoms with E-state index in [1.54, 1.807) is 18.3 Å². The van der Waals surface area contributed by atoms with Gasteiger partial charge in [0.15, 0.2) is 5.03 Å². The second-order valence-corrected chi connectivity index (χ2v) is 6.98. The van der Waals surface area contributed by atoms with Crippen LogP contribution in [0.2, 0.25) is 0 Å². The lowest BCUT2D eigenvalue weighted by molar-refractivity contribution is 0.569. The summed E-state index contributed by atoms with van der Waals surface area (Å²) in [4.78, 5) is 4.04. The van der Waals surface area contributed by atoms with E-state index in [4.69, 9.17) is 0 Å². The maximum absolute atomic E-state index is 12.0. The minimum Gasteiger partial charge on any atom is -0.313 e. The van der Waals surface area contributed by atoms with Gasteiger partial charge >= 0.3 is 0 Å². The lowest BCUT2D eigenvalue weighted by Crippen LogP contribution is -2.25. The minimum atomic E-state index is -3.46. The van der Waals surface area contributed by atoms with Crippen LogP contribution >= 0.6 is 0 Å². The molecule has 1 aliphatic carbocycles. The summed E-state index contributed by atoms with van der Waals surface area (Å²) in [6, 6.07) is 3.37. The molecule has 112 valence electrons. The SMILES string of the molecule is CCNCc1ccc(S(=O)(=O)NCCCC2CC2)nc1. The lowest BCUT2D eigenvalue weighted by atomic mass is 10.2. The van der Waals surface area contributed by atoms with E-state index in [0.29, 0.717) is 13.1 Å². The molecule has 2 rings (SSSR count). The third-order valence-corrected chi connectivity index (χ3v) is 4.81. The number of hydrogen-bond acceptors (Lipinski definition) is 4. The normalized spacial score (nSPS) is 15.4. The molecule has 0 amide bonds. The van der Waals surface area contributed by atoms with E-state index >= 15 is 0 Å². The van der Waals surface area contributed by atoms with Crippen LogP contribution in [0.4, 0.5) is 0 Å². The quantitative estimate of drug-likeness (QED) is 0.680. The molecule has 20 heavy (non-hydrogen) atoms. The number of sulfonamides is 1. The van der Waals surface area contributed by atoms with Gasteiger partial charge in [0, 0.05) is 19.3 Å². The van der Waals surface area contributed by atoms with Crippen LogP contribution in [0.5, 0.6) is 0 Å². The molecule has 1 aliphatic rings. The van der Waals surface area contributed by atoms with Gasteiger partial charge < -0.3 is 5.32 Å². The summed E-state index contributed by atoms with van der Waals surface area (Å²) in [5.74, 6) is 0.836. The van der Waals surface area contributed by atoms with Crippen LogP contribution < -0.4 is 10.0 Å². The summed E-state index contributed by atoms with van der Waals surface area (Å²) in [5, 5.41) is 3.28. The Labute approximate surface area is 121 Å². The van der Waals surface area contributed by atoms with Gasteiger partial charge in [-0.1, -0.05) is 25.8 Å². The van der Waals surface area contributed by atoms with E-state index in [0.717, 1.165) is 30.9 Å². The average Bonchev–Trinajstić information content (AvgIpc) is 3.26. The van der Waals surface area contributed by atoms with Crippen molar-refractivity contribution < 1.29 is 8.42 Å². The molecule has 0 aliphatic heterocycles. The molecule has 0 bridgehead atoms. The maximum Gasteiger partial charge on any atom is 0.258 e. The molecule has 1 saturated carbocycles. The first-order chi connectivity index (χ1) is 9.62. The van der Waals surface area contributed by atoms with Crippen LogP contribution in [-0.4, -0.2) is 26.5 Å². The summed E-state index contributed by atoms with van der Waals surface area (Å²) in [6.45, 7) is 4.11. The first kappa shape index (κ1) is 15.4. The van der Waals surface area contributed by atoms with Gasteiger partial charge in [0.25, 0.3) is 10.0 Å². The molecule has 0 spiro atoms. The van der Waals surface area contributed by atoms with Crippen molar-refractivity contribution in [1.29, 1.82) is 0 Å². The van der Waals surface area contributed by atoms with Gasteiger partial charge in [0.05, 0.1) is 0 Å². The zero-order valence-electron chi connectivity index (χ0n) is 11.9. The van der Waals surface area contributed by atoms with E-state index in [-0.39, 0.29) is 5.03 Å². The van der Waals surface area contributed by atoms with Crippen molar-refractivity contribution in [2.75, 3.05) is 13.1 Å². The molecule has 1 aromatic rings. The van der Waals surface area contributed by atoms with Crippen molar-refractivity contribution in [3.8, 4) is 0 Å². The Balaban J connectivity index is 1.83. The highest BCUT2D eigenvalue weighted by molar-refractivity contribution is 7.89. The fraction of sp³-hybridized carbons (Fsp3) is 0.643. The third-order valence-electron chi connectivity index (χ3n) is 3.43. The Kier molecular flexibility index (Phi) is 5.51. The molecule has 1 heterocycles. The van der Waals surface area contributed by atoms with Crippen LogP contribution in [0.15, 0.2) is 23.4 Å². The Morgan fingerprint density at radius 1 is 1.35 bits per heavy atom. The number of pyridine rings is 1. The maximum atomic E-state index is 12.0. The monoisotopic (exact) mass is 297 g/mol. The Hall–Kier alpha value is -0.980. The highest BCUT2D eigenvalue weighted by Gasteiger charge is 2.21. The third kappa shape index (κ3) is 4.85. The van der Waals surface area contributed by atoms with Crippen LogP contribution in [0.3, 0.4) is 0 Å². The molecule has 0 saturated heterocycles. The van der Waals surface area contributed by atoms with Crippen LogP contribution in [0, 0.1) is 5.92 Å². The molecule has 1 aromatic heterocycles. The minimum absolute atomic E-state index is 0.101. The smallest absolute Gasteiger partial charge is 0.258 e. The molecule has 2 N–H and O–H groups in total. The second kappa shape index (κ2) is 7.15. The highest BCUT2D eigenvalue weighted by Crippen LogP contribution is 2.33. The molecule has 5 nitrogen and oxygen atoms in total. The van der Waals surface area contributed by atoms with Gasteiger partial charge in [-0.3, -0.25) is 0 Å². The van der Waals surface area contributed by atoms with E-state index < -0.39 is 10.0 Å². The Morgan fingerprint density at radius 3 is 2.75 bits per heavy atom. The Morgan fingerprint density at radius 2 is 2.15 bits per heavy atom. The molecule has 0 atom stereocenters. The summed E-state index contributed by atoms with van der Waals surface area (Å²) in [6.07, 6.45) is 6.25. The fourth-order valence-electron chi connectivity index (χ4n) is 2.02. The second-order valence-electron chi connectivity index (χ2n) is 5.27. The largest absolute Gasteiger partial charge is 0.313 e. The summed E-state index contributed by atoms with van der Waals surface area (Å²) < 4.78 is 26.7. The summed E-state index contributed by atoms with van der Waals surface area (Å²) in [7, 11) is -3.46. The van der Waals surface area contributed by atoms with Crippen molar-refractivity contribution in [1.82, 2.24) is 15.0 Å². The first-order valence-electron chi connectivity index (χ1n) is 7.27. The molecular weight excluding hydrogens is 274 g/mol. The molecule has 0 radical (unpaired) electrons. The van der Waals surface area contributed by atoms with Gasteiger partial charge in [0.2, 0.25) is 0 Å². The predicted molar refractivity (Wildman–Crippen MR) is 78.8 cm³/mol. The van der Waals surface area contributed by atoms with E-state index in [9.17, 15) is 8.42 Å². The van der Waals surface area contributed by atoms with Crippen molar-refractivity contribution in [2.24, 2.45) is 5.92 Å². The lowest BCUT2D eigenvalue weighted by Gasteiger charge is -2.07. The Bertz CT molecular complexity index is 510. The predicted octanol–water partition coefficient (Wildman–Crippen LogP) is 1.66. The van der Waals surface area contributed by atoms with Gasteiger partial charge in [0.1, 0.15) is 0 Å². The van der Waals surface area contributed by atoms with E-state index in [1.807, 2.05) is 6.92 Å². The highest BCUT2D eigenvalue weighted by atomic mass is 32.2. The standard InChI is InChI=1S/C14H23N3O2S/c1-2-15-10-13-7-8-14(16-11-13)20(18,19)17-9-3-4-12-5-6-12/h7-8,11-12,15,17H,2-6,9-10H2,1H3. The number of nitrogens with zero attached hydrogens (tertiary/aromatic N) is 1. The summed E-state index contributed by atoms with van der Waals surface area (Å²) in [5.41, 5.74) is 0.986. The summed E-state index contributed by atoms with van der Waals surface area (Å²) >= 11 is 0. The average molecular weight is 297 g/mol. The molecule has 1 fully saturated rings. The zero-order valence-corrected chi connectivity index (χ0v) is 12.7. The van der Waals surface area contributed by atoms with E-state index in [2.05, 4.69) is 15.0 Å². The van der Waals surface area contributed by atoms with Crippen LogP contribution in [0.25, 0.3) is 0 Å². The number of hydrogen-bond donors (Lipinski definition) is 2. The first-order valence-corrected chi connectivity index (χ1v) is 8.75. The fourth-order valence-corrected chi connectivity index (χ4v) is 3.02. The van der Waals surface area contributed by atoms with Crippen molar-refractivity contribution in [3.05, 3.63) is 23.9 Å². The number of aromatic nitrogens is 1. The van der Waals surface area contributed by atoms with Gasteiger partial charge in [-0.25, -0.2) is 18.1 Å². The molecular formula is C14H23N3O2S.